The van der Waals surface area contributed by atoms with E-state index in [0.717, 1.165) is 38.1 Å². The number of likely N-dealkylation sites (tertiary alicyclic amines) is 2. The minimum absolute atomic E-state index is 0.163. The third kappa shape index (κ3) is 4.37. The molecule has 116 valence electrons. The van der Waals surface area contributed by atoms with E-state index >= 15 is 0 Å². The van der Waals surface area contributed by atoms with Crippen molar-refractivity contribution in [2.75, 3.05) is 38.2 Å². The van der Waals surface area contributed by atoms with Gasteiger partial charge in [0.15, 0.2) is 0 Å². The lowest BCUT2D eigenvalue weighted by atomic mass is 9.99. The number of amides is 1. The Bertz CT molecular complexity index is 299. The lowest BCUT2D eigenvalue weighted by Crippen LogP contribution is -2.51. The molecule has 2 heterocycles. The monoisotopic (exact) mass is 299 g/mol. The molecule has 2 saturated heterocycles. The molecule has 0 aliphatic carbocycles. The Balaban J connectivity index is 1.74. The molecule has 0 aromatic carbocycles. The summed E-state index contributed by atoms with van der Waals surface area (Å²) in [6.45, 7) is 4.30. The molecule has 5 heteroatoms. The largest absolute Gasteiger partial charge is 0.341 e. The molecule has 0 aromatic rings. The Labute approximate surface area is 127 Å². The fourth-order valence-corrected chi connectivity index (χ4v) is 3.83. The van der Waals surface area contributed by atoms with Gasteiger partial charge in [0, 0.05) is 19.1 Å². The molecule has 0 aromatic heterocycles. The Morgan fingerprint density at radius 3 is 2.45 bits per heavy atom. The number of carbonyl (C=O) groups is 1. The zero-order valence-corrected chi connectivity index (χ0v) is 13.5. The number of hydrogen-bond donors (Lipinski definition) is 1. The van der Waals surface area contributed by atoms with Crippen molar-refractivity contribution in [3.8, 4) is 0 Å². The number of hydrogen-bond acceptors (Lipinski definition) is 4. The molecule has 0 spiro atoms. The van der Waals surface area contributed by atoms with E-state index in [1.165, 1.54) is 32.4 Å². The molecule has 0 radical (unpaired) electrons. The lowest BCUT2D eigenvalue weighted by molar-refractivity contribution is -0.134. The minimum Gasteiger partial charge on any atom is -0.341 e. The molecule has 2 aliphatic rings. The van der Waals surface area contributed by atoms with Gasteiger partial charge in [0.1, 0.15) is 0 Å². The molecule has 2 aliphatic heterocycles. The highest BCUT2D eigenvalue weighted by Gasteiger charge is 2.29. The van der Waals surface area contributed by atoms with Crippen LogP contribution in [0.25, 0.3) is 0 Å². The second-order valence-electron chi connectivity index (χ2n) is 6.04. The van der Waals surface area contributed by atoms with Gasteiger partial charge in [0.05, 0.1) is 6.04 Å². The van der Waals surface area contributed by atoms with E-state index in [2.05, 4.69) is 11.2 Å². The molecule has 0 unspecified atom stereocenters. The molecular formula is C15H29N3OS. The predicted octanol–water partition coefficient (Wildman–Crippen LogP) is 1.54. The van der Waals surface area contributed by atoms with E-state index in [0.29, 0.717) is 6.04 Å². The summed E-state index contributed by atoms with van der Waals surface area (Å²) in [5.74, 6) is 1.13. The fourth-order valence-electron chi connectivity index (χ4n) is 3.34. The molecule has 20 heavy (non-hydrogen) atoms. The Kier molecular flexibility index (Phi) is 6.65. The van der Waals surface area contributed by atoms with Gasteiger partial charge in [-0.25, -0.2) is 0 Å². The molecule has 2 N–H and O–H groups in total. The van der Waals surface area contributed by atoms with Gasteiger partial charge in [-0.2, -0.15) is 11.8 Å². The smallest absolute Gasteiger partial charge is 0.239 e. The first-order valence-electron chi connectivity index (χ1n) is 7.99. The van der Waals surface area contributed by atoms with Gasteiger partial charge >= 0.3 is 0 Å². The van der Waals surface area contributed by atoms with Crippen LogP contribution in [0.2, 0.25) is 0 Å². The summed E-state index contributed by atoms with van der Waals surface area (Å²) in [5.41, 5.74) is 6.00. The first-order chi connectivity index (χ1) is 9.72. The summed E-state index contributed by atoms with van der Waals surface area (Å²) in [4.78, 5) is 16.9. The highest BCUT2D eigenvalue weighted by Crippen LogP contribution is 2.21. The lowest BCUT2D eigenvalue weighted by Gasteiger charge is -2.40. The Morgan fingerprint density at radius 1 is 1.20 bits per heavy atom. The molecule has 1 atom stereocenters. The van der Waals surface area contributed by atoms with Crippen LogP contribution < -0.4 is 5.73 Å². The number of thioether (sulfide) groups is 1. The van der Waals surface area contributed by atoms with Crippen LogP contribution in [0.3, 0.4) is 0 Å². The number of nitrogens with zero attached hydrogens (tertiary/aromatic N) is 2. The average molecular weight is 299 g/mol. The summed E-state index contributed by atoms with van der Waals surface area (Å²) >= 11 is 1.76. The normalized spacial score (nSPS) is 23.8. The van der Waals surface area contributed by atoms with Crippen LogP contribution in [0.4, 0.5) is 0 Å². The second-order valence-corrected chi connectivity index (χ2v) is 7.03. The van der Waals surface area contributed by atoms with Crippen LogP contribution in [0, 0.1) is 0 Å². The fraction of sp³-hybridized carbons (Fsp3) is 0.933. The molecule has 2 fully saturated rings. The highest BCUT2D eigenvalue weighted by atomic mass is 32.2. The van der Waals surface area contributed by atoms with E-state index < -0.39 is 0 Å². The number of carbonyl (C=O) groups excluding carboxylic acids is 1. The van der Waals surface area contributed by atoms with E-state index in [-0.39, 0.29) is 11.9 Å². The summed E-state index contributed by atoms with van der Waals surface area (Å²) in [7, 11) is 0. The zero-order valence-electron chi connectivity index (χ0n) is 12.7. The zero-order chi connectivity index (χ0) is 14.4. The van der Waals surface area contributed by atoms with E-state index in [9.17, 15) is 4.79 Å². The molecular weight excluding hydrogens is 270 g/mol. The van der Waals surface area contributed by atoms with Gasteiger partial charge in [-0.05, 0) is 57.2 Å². The maximum atomic E-state index is 12.3. The molecule has 0 bridgehead atoms. The summed E-state index contributed by atoms with van der Waals surface area (Å²) < 4.78 is 0. The van der Waals surface area contributed by atoms with E-state index in [1.54, 1.807) is 11.8 Å². The van der Waals surface area contributed by atoms with Gasteiger partial charge < -0.3 is 15.5 Å². The van der Waals surface area contributed by atoms with Crippen molar-refractivity contribution >= 4 is 17.7 Å². The highest BCUT2D eigenvalue weighted by molar-refractivity contribution is 7.98. The van der Waals surface area contributed by atoms with Crippen molar-refractivity contribution in [1.29, 1.82) is 0 Å². The van der Waals surface area contributed by atoms with Crippen molar-refractivity contribution in [3.05, 3.63) is 0 Å². The van der Waals surface area contributed by atoms with Crippen molar-refractivity contribution in [2.45, 2.75) is 50.6 Å². The van der Waals surface area contributed by atoms with E-state index in [1.807, 2.05) is 4.90 Å². The van der Waals surface area contributed by atoms with Crippen molar-refractivity contribution in [1.82, 2.24) is 9.80 Å². The van der Waals surface area contributed by atoms with Crippen LogP contribution in [0.5, 0.6) is 0 Å². The minimum atomic E-state index is -0.297. The third-order valence-electron chi connectivity index (χ3n) is 4.63. The SMILES string of the molecule is CSCC[C@H](N)C(=O)N1CCC(N2CCCCC2)CC1. The van der Waals surface area contributed by atoms with Gasteiger partial charge in [0.2, 0.25) is 5.91 Å². The standard InChI is InChI=1S/C15H29N3OS/c1-20-12-7-14(16)15(19)18-10-5-13(6-11-18)17-8-3-2-4-9-17/h13-14H,2-12,16H2,1H3/t14-/m0/s1. The van der Waals surface area contributed by atoms with E-state index in [4.69, 9.17) is 5.73 Å². The number of nitrogens with two attached hydrogens (primary N) is 1. The predicted molar refractivity (Wildman–Crippen MR) is 86.0 cm³/mol. The molecule has 1 amide bonds. The quantitative estimate of drug-likeness (QED) is 0.837. The van der Waals surface area contributed by atoms with Gasteiger partial charge in [-0.3, -0.25) is 4.79 Å². The number of rotatable bonds is 5. The maximum Gasteiger partial charge on any atom is 0.239 e. The Hall–Kier alpha value is -0.260. The molecule has 2 rings (SSSR count). The molecule has 0 saturated carbocycles. The summed E-state index contributed by atoms with van der Waals surface area (Å²) in [6, 6.07) is 0.399. The van der Waals surface area contributed by atoms with Gasteiger partial charge in [-0.15, -0.1) is 0 Å². The second kappa shape index (κ2) is 8.25. The van der Waals surface area contributed by atoms with Crippen LogP contribution in [0.15, 0.2) is 0 Å². The average Bonchev–Trinajstić information content (AvgIpc) is 2.53. The Morgan fingerprint density at radius 2 is 1.85 bits per heavy atom. The first kappa shape index (κ1) is 16.1. The van der Waals surface area contributed by atoms with Gasteiger partial charge in [0.25, 0.3) is 0 Å². The number of piperidine rings is 2. The van der Waals surface area contributed by atoms with Crippen LogP contribution >= 0.6 is 11.8 Å². The maximum absolute atomic E-state index is 12.3. The van der Waals surface area contributed by atoms with Crippen molar-refractivity contribution < 1.29 is 4.79 Å². The topological polar surface area (TPSA) is 49.6 Å². The summed E-state index contributed by atoms with van der Waals surface area (Å²) in [5, 5.41) is 0. The van der Waals surface area contributed by atoms with Gasteiger partial charge in [-0.1, -0.05) is 6.42 Å². The first-order valence-corrected chi connectivity index (χ1v) is 9.39. The van der Waals surface area contributed by atoms with Crippen LogP contribution in [-0.2, 0) is 4.79 Å². The van der Waals surface area contributed by atoms with Crippen molar-refractivity contribution in [2.24, 2.45) is 5.73 Å². The molecule has 4 nitrogen and oxygen atoms in total. The van der Waals surface area contributed by atoms with Crippen LogP contribution in [-0.4, -0.2) is 66.0 Å². The van der Waals surface area contributed by atoms with Crippen LogP contribution in [0.1, 0.15) is 38.5 Å². The summed E-state index contributed by atoms with van der Waals surface area (Å²) in [6.07, 6.45) is 9.19. The van der Waals surface area contributed by atoms with Crippen molar-refractivity contribution in [3.63, 3.8) is 0 Å². The third-order valence-corrected chi connectivity index (χ3v) is 5.28.